The standard InChI is InChI=1S/C58H45N3/c1-7-22-51(61-53-24-9-2-17-45(53)46-18-3-10-25-54(46)61)44(16-1)39-14-13-15-42(35-39)59-52-23-8-4-19-47(52)48-36-43(28-29-55(48)59)60-56-26-11-5-20-49(56)58(50-21-6-12-27-57(50)60)40-31-37-30-38(33-40)34-41(58)32-37/h1-29,35-38,40-41H,30-34H2. The maximum Gasteiger partial charge on any atom is 0.0542 e. The minimum absolute atomic E-state index is 0.0996. The Hall–Kier alpha value is -6.84. The number of nitrogens with zero attached hydrogens (tertiary/aromatic N) is 3. The van der Waals surface area contributed by atoms with Gasteiger partial charge < -0.3 is 14.0 Å². The highest BCUT2D eigenvalue weighted by atomic mass is 15.2. The van der Waals surface area contributed by atoms with Crippen molar-refractivity contribution in [3.8, 4) is 22.5 Å². The monoisotopic (exact) mass is 783 g/mol. The molecule has 0 saturated heterocycles. The smallest absolute Gasteiger partial charge is 0.0542 e. The van der Waals surface area contributed by atoms with Crippen LogP contribution in [0.25, 0.3) is 66.1 Å². The van der Waals surface area contributed by atoms with Crippen LogP contribution in [-0.2, 0) is 5.41 Å². The molecule has 15 rings (SSSR count). The molecule has 292 valence electrons. The van der Waals surface area contributed by atoms with E-state index in [4.69, 9.17) is 0 Å². The quantitative estimate of drug-likeness (QED) is 0.173. The van der Waals surface area contributed by atoms with Gasteiger partial charge in [-0.2, -0.15) is 0 Å². The molecule has 3 heterocycles. The highest BCUT2D eigenvalue weighted by molar-refractivity contribution is 6.12. The fraction of sp³-hybridized carbons (Fsp3) is 0.172. The molecule has 1 spiro atoms. The van der Waals surface area contributed by atoms with Gasteiger partial charge in [0.2, 0.25) is 0 Å². The molecule has 0 atom stereocenters. The summed E-state index contributed by atoms with van der Waals surface area (Å²) >= 11 is 0. The van der Waals surface area contributed by atoms with Crippen molar-refractivity contribution in [1.82, 2.24) is 9.13 Å². The van der Waals surface area contributed by atoms with Gasteiger partial charge in [-0.3, -0.25) is 0 Å². The van der Waals surface area contributed by atoms with Crippen LogP contribution in [0.5, 0.6) is 0 Å². The number of fused-ring (bicyclic) bond motifs is 8. The number of aromatic nitrogens is 2. The molecule has 4 fully saturated rings. The number of benzene rings is 8. The van der Waals surface area contributed by atoms with Crippen molar-refractivity contribution in [2.75, 3.05) is 4.90 Å². The predicted octanol–water partition coefficient (Wildman–Crippen LogP) is 15.1. The number of para-hydroxylation sites is 6. The van der Waals surface area contributed by atoms with Crippen molar-refractivity contribution in [2.24, 2.45) is 23.7 Å². The Bertz CT molecular complexity index is 3290. The second-order valence-corrected chi connectivity index (χ2v) is 18.5. The third kappa shape index (κ3) is 4.59. The molecule has 3 nitrogen and oxygen atoms in total. The molecule has 3 heteroatoms. The Balaban J connectivity index is 0.929. The van der Waals surface area contributed by atoms with Gasteiger partial charge in [-0.1, -0.05) is 121 Å². The average molecular weight is 784 g/mol. The Labute approximate surface area is 356 Å². The molecule has 4 saturated carbocycles. The van der Waals surface area contributed by atoms with E-state index < -0.39 is 0 Å². The molecule has 0 unspecified atom stereocenters. The summed E-state index contributed by atoms with van der Waals surface area (Å²) in [5.41, 5.74) is 16.8. The number of hydrogen-bond donors (Lipinski definition) is 0. The molecule has 4 aliphatic carbocycles. The van der Waals surface area contributed by atoms with Crippen molar-refractivity contribution >= 4 is 60.7 Å². The lowest BCUT2D eigenvalue weighted by Crippen LogP contribution is -2.57. The molecular formula is C58H45N3. The van der Waals surface area contributed by atoms with Crippen molar-refractivity contribution < 1.29 is 0 Å². The van der Waals surface area contributed by atoms with Crippen molar-refractivity contribution in [1.29, 1.82) is 0 Å². The van der Waals surface area contributed by atoms with Crippen LogP contribution in [-0.4, -0.2) is 9.13 Å². The molecular weight excluding hydrogens is 739 g/mol. The number of anilines is 3. The molecule has 1 aliphatic heterocycles. The van der Waals surface area contributed by atoms with Crippen molar-refractivity contribution in [3.63, 3.8) is 0 Å². The number of rotatable bonds is 4. The first kappa shape index (κ1) is 33.9. The first-order valence-corrected chi connectivity index (χ1v) is 22.4. The summed E-state index contributed by atoms with van der Waals surface area (Å²) in [5, 5.41) is 5.09. The molecule has 0 N–H and O–H groups in total. The fourth-order valence-corrected chi connectivity index (χ4v) is 13.7. The van der Waals surface area contributed by atoms with Gasteiger partial charge in [-0.25, -0.2) is 0 Å². The molecule has 2 aromatic heterocycles. The summed E-state index contributed by atoms with van der Waals surface area (Å²) in [6.07, 6.45) is 7.00. The zero-order valence-corrected chi connectivity index (χ0v) is 34.1. The summed E-state index contributed by atoms with van der Waals surface area (Å²) in [7, 11) is 0. The average Bonchev–Trinajstić information content (AvgIpc) is 3.83. The lowest BCUT2D eigenvalue weighted by atomic mass is 9.41. The van der Waals surface area contributed by atoms with Crippen LogP contribution >= 0.6 is 0 Å². The summed E-state index contributed by atoms with van der Waals surface area (Å²) in [6, 6.07) is 70.8. The second kappa shape index (κ2) is 12.6. The summed E-state index contributed by atoms with van der Waals surface area (Å²) < 4.78 is 4.92. The van der Waals surface area contributed by atoms with E-state index in [9.17, 15) is 0 Å². The highest BCUT2D eigenvalue weighted by Crippen LogP contribution is 2.69. The van der Waals surface area contributed by atoms with E-state index >= 15 is 0 Å². The van der Waals surface area contributed by atoms with Gasteiger partial charge in [-0.05, 0) is 139 Å². The second-order valence-electron chi connectivity index (χ2n) is 18.5. The van der Waals surface area contributed by atoms with Crippen molar-refractivity contribution in [3.05, 3.63) is 199 Å². The molecule has 8 aromatic carbocycles. The Kier molecular flexibility index (Phi) is 7.01. The summed E-state index contributed by atoms with van der Waals surface area (Å²) in [4.78, 5) is 2.60. The predicted molar refractivity (Wildman–Crippen MR) is 253 cm³/mol. The normalized spacial score (nSPS) is 20.9. The van der Waals surface area contributed by atoms with Crippen LogP contribution in [0.1, 0.15) is 43.2 Å². The maximum atomic E-state index is 2.60. The van der Waals surface area contributed by atoms with Gasteiger partial charge in [0.05, 0.1) is 39.1 Å². The first-order chi connectivity index (χ1) is 30.2. The van der Waals surface area contributed by atoms with Gasteiger partial charge in [0.1, 0.15) is 0 Å². The van der Waals surface area contributed by atoms with E-state index in [0.717, 1.165) is 29.4 Å². The zero-order valence-electron chi connectivity index (χ0n) is 34.1. The summed E-state index contributed by atoms with van der Waals surface area (Å²) in [5.74, 6) is 3.28. The maximum absolute atomic E-state index is 2.60. The van der Waals surface area contributed by atoms with E-state index in [2.05, 4.69) is 202 Å². The Morgan fingerprint density at radius 2 is 0.869 bits per heavy atom. The van der Waals surface area contributed by atoms with Crippen LogP contribution < -0.4 is 4.90 Å². The van der Waals surface area contributed by atoms with Gasteiger partial charge in [-0.15, -0.1) is 0 Å². The number of hydrogen-bond acceptors (Lipinski definition) is 1. The lowest BCUT2D eigenvalue weighted by Gasteiger charge is -2.64. The van der Waals surface area contributed by atoms with E-state index in [-0.39, 0.29) is 5.41 Å². The lowest BCUT2D eigenvalue weighted by molar-refractivity contribution is -0.0419. The van der Waals surface area contributed by atoms with E-state index in [1.54, 1.807) is 11.1 Å². The highest BCUT2D eigenvalue weighted by Gasteiger charge is 2.61. The Morgan fingerprint density at radius 3 is 1.51 bits per heavy atom. The van der Waals surface area contributed by atoms with E-state index in [1.807, 2.05) is 0 Å². The van der Waals surface area contributed by atoms with E-state index in [0.29, 0.717) is 0 Å². The largest absolute Gasteiger partial charge is 0.310 e. The van der Waals surface area contributed by atoms with Gasteiger partial charge in [0.15, 0.2) is 0 Å². The minimum atomic E-state index is 0.0996. The first-order valence-electron chi connectivity index (χ1n) is 22.4. The van der Waals surface area contributed by atoms with Gasteiger partial charge in [0, 0.05) is 43.9 Å². The van der Waals surface area contributed by atoms with Gasteiger partial charge in [0.25, 0.3) is 0 Å². The van der Waals surface area contributed by atoms with Crippen molar-refractivity contribution in [2.45, 2.75) is 37.5 Å². The SMILES string of the molecule is c1cc(-c2ccccc2-n2c3ccccc3c3ccccc32)cc(-n2c3ccccc3c3cc(N4c5ccccc5C5(c6ccccc64)C4CC6CC(C4)CC5C6)ccc32)c1. The van der Waals surface area contributed by atoms with Crippen LogP contribution in [0.4, 0.5) is 17.1 Å². The molecule has 0 amide bonds. The molecule has 61 heavy (non-hydrogen) atoms. The zero-order chi connectivity index (χ0) is 39.8. The van der Waals surface area contributed by atoms with Crippen LogP contribution in [0.3, 0.4) is 0 Å². The fourth-order valence-electron chi connectivity index (χ4n) is 13.7. The van der Waals surface area contributed by atoms with Crippen LogP contribution in [0.2, 0.25) is 0 Å². The minimum Gasteiger partial charge on any atom is -0.310 e. The Morgan fingerprint density at radius 1 is 0.361 bits per heavy atom. The molecule has 4 bridgehead atoms. The van der Waals surface area contributed by atoms with Crippen LogP contribution in [0, 0.1) is 23.7 Å². The third-order valence-electron chi connectivity index (χ3n) is 15.7. The summed E-state index contributed by atoms with van der Waals surface area (Å²) in [6.45, 7) is 0. The third-order valence-corrected chi connectivity index (χ3v) is 15.7. The molecule has 0 radical (unpaired) electrons. The van der Waals surface area contributed by atoms with E-state index in [1.165, 1.54) is 110 Å². The topological polar surface area (TPSA) is 13.1 Å². The van der Waals surface area contributed by atoms with Gasteiger partial charge >= 0.3 is 0 Å². The molecule has 10 aromatic rings. The molecule has 5 aliphatic rings. The van der Waals surface area contributed by atoms with Crippen LogP contribution in [0.15, 0.2) is 188 Å².